The van der Waals surface area contributed by atoms with Crippen LogP contribution in [0.2, 0.25) is 0 Å². The number of hydrogen-bond donors (Lipinski definition) is 1. The second-order valence-electron chi connectivity index (χ2n) is 11.4. The van der Waals surface area contributed by atoms with E-state index in [-0.39, 0.29) is 40.3 Å². The Morgan fingerprint density at radius 1 is 1.23 bits per heavy atom. The first-order valence-corrected chi connectivity index (χ1v) is 13.2. The summed E-state index contributed by atoms with van der Waals surface area (Å²) in [5, 5.41) is 9.95. The lowest BCUT2D eigenvalue weighted by Gasteiger charge is -2.39. The smallest absolute Gasteiger partial charge is 0.348 e. The van der Waals surface area contributed by atoms with Gasteiger partial charge in [-0.25, -0.2) is 4.79 Å². The second-order valence-corrected chi connectivity index (χ2v) is 12.5. The summed E-state index contributed by atoms with van der Waals surface area (Å²) in [5.41, 5.74) is -0.446. The summed E-state index contributed by atoms with van der Waals surface area (Å²) >= 11 is 1.05. The highest BCUT2D eigenvalue weighted by Crippen LogP contribution is 2.35. The molecule has 0 unspecified atom stereocenters. The molecule has 3 rings (SSSR count). The molecule has 2 amide bonds. The van der Waals surface area contributed by atoms with E-state index < -0.39 is 11.6 Å². The lowest BCUT2D eigenvalue weighted by Crippen LogP contribution is -2.54. The van der Waals surface area contributed by atoms with Crippen LogP contribution in [0.4, 0.5) is 5.69 Å². The number of amides is 2. The molecule has 192 valence electrons. The van der Waals surface area contributed by atoms with Gasteiger partial charge >= 0.3 is 5.97 Å². The van der Waals surface area contributed by atoms with E-state index in [2.05, 4.69) is 18.8 Å². The van der Waals surface area contributed by atoms with Gasteiger partial charge in [-0.05, 0) is 72.3 Å². The SMILES string of the molecule is CC1CCC(C(=O)N(CC(=O)N2CCOC(C)(C)C2)c2cc(C#CC(C)(C)C)sc2C(=O)O)CC1. The van der Waals surface area contributed by atoms with E-state index in [1.54, 1.807) is 11.0 Å². The van der Waals surface area contributed by atoms with Crippen LogP contribution in [-0.4, -0.2) is 59.6 Å². The van der Waals surface area contributed by atoms with Gasteiger partial charge in [-0.15, -0.1) is 11.3 Å². The van der Waals surface area contributed by atoms with Gasteiger partial charge in [-0.2, -0.15) is 0 Å². The predicted octanol–water partition coefficient (Wildman–Crippen LogP) is 4.64. The first-order valence-electron chi connectivity index (χ1n) is 12.4. The molecule has 8 heteroatoms. The Labute approximate surface area is 212 Å². The van der Waals surface area contributed by atoms with Gasteiger partial charge in [0.1, 0.15) is 11.4 Å². The van der Waals surface area contributed by atoms with Gasteiger partial charge < -0.3 is 19.6 Å². The van der Waals surface area contributed by atoms with Crippen molar-refractivity contribution in [2.45, 2.75) is 72.8 Å². The summed E-state index contributed by atoms with van der Waals surface area (Å²) in [6.45, 7) is 13.1. The maximum absolute atomic E-state index is 13.8. The third-order valence-electron chi connectivity index (χ3n) is 6.46. The quantitative estimate of drug-likeness (QED) is 0.593. The molecule has 0 atom stereocenters. The maximum Gasteiger partial charge on any atom is 0.348 e. The fourth-order valence-corrected chi connectivity index (χ4v) is 5.37. The summed E-state index contributed by atoms with van der Waals surface area (Å²) in [6, 6.07) is 1.66. The van der Waals surface area contributed by atoms with Crippen molar-refractivity contribution in [3.05, 3.63) is 15.8 Å². The van der Waals surface area contributed by atoms with E-state index in [1.165, 1.54) is 4.90 Å². The van der Waals surface area contributed by atoms with E-state index in [0.29, 0.717) is 30.5 Å². The molecule has 2 fully saturated rings. The third-order valence-corrected chi connectivity index (χ3v) is 7.49. The number of thiophene rings is 1. The maximum atomic E-state index is 13.8. The van der Waals surface area contributed by atoms with Crippen molar-refractivity contribution in [1.29, 1.82) is 0 Å². The van der Waals surface area contributed by atoms with Crippen LogP contribution >= 0.6 is 11.3 Å². The normalized spacial score (nSPS) is 22.2. The minimum Gasteiger partial charge on any atom is -0.477 e. The van der Waals surface area contributed by atoms with Crippen molar-refractivity contribution in [3.8, 4) is 11.8 Å². The number of hydrogen-bond acceptors (Lipinski definition) is 5. The highest BCUT2D eigenvalue weighted by atomic mass is 32.1. The van der Waals surface area contributed by atoms with Crippen LogP contribution in [0.25, 0.3) is 0 Å². The van der Waals surface area contributed by atoms with E-state index in [1.807, 2.05) is 34.6 Å². The summed E-state index contributed by atoms with van der Waals surface area (Å²) in [7, 11) is 0. The van der Waals surface area contributed by atoms with Crippen molar-refractivity contribution in [2.75, 3.05) is 31.1 Å². The summed E-state index contributed by atoms with van der Waals surface area (Å²) in [5.74, 6) is 5.05. The Hall–Kier alpha value is -2.37. The molecule has 1 aliphatic carbocycles. The number of carbonyl (C=O) groups is 3. The van der Waals surface area contributed by atoms with Crippen LogP contribution in [0, 0.1) is 29.1 Å². The molecule has 0 spiro atoms. The zero-order chi connectivity index (χ0) is 26.0. The number of aromatic carboxylic acids is 1. The predicted molar refractivity (Wildman–Crippen MR) is 138 cm³/mol. The van der Waals surface area contributed by atoms with Gasteiger partial charge in [0, 0.05) is 24.4 Å². The van der Waals surface area contributed by atoms with Gasteiger partial charge in [0.25, 0.3) is 0 Å². The molecule has 35 heavy (non-hydrogen) atoms. The largest absolute Gasteiger partial charge is 0.477 e. The van der Waals surface area contributed by atoms with Crippen LogP contribution in [-0.2, 0) is 14.3 Å². The average molecular weight is 503 g/mol. The average Bonchev–Trinajstić information content (AvgIpc) is 3.19. The highest BCUT2D eigenvalue weighted by Gasteiger charge is 2.36. The zero-order valence-electron chi connectivity index (χ0n) is 21.8. The molecule has 1 aromatic rings. The van der Waals surface area contributed by atoms with Crippen LogP contribution in [0.3, 0.4) is 0 Å². The Kier molecular flexibility index (Phi) is 8.33. The number of carboxylic acid groups (broad SMARTS) is 1. The summed E-state index contributed by atoms with van der Waals surface area (Å²) in [4.78, 5) is 43.0. The first kappa shape index (κ1) is 27.2. The zero-order valence-corrected chi connectivity index (χ0v) is 22.6. The molecule has 0 bridgehead atoms. The molecule has 1 saturated carbocycles. The standard InChI is InChI=1S/C27H38N2O5S/c1-18-7-9-19(10-8-18)24(31)29(16-22(30)28-13-14-34-27(5,6)17-28)21-15-20(11-12-26(2,3)4)35-23(21)25(32)33/h15,18-19H,7-10,13-14,16-17H2,1-6H3,(H,32,33). The minimum atomic E-state index is -1.12. The molecule has 1 N–H and O–H groups in total. The first-order chi connectivity index (χ1) is 16.3. The fourth-order valence-electron chi connectivity index (χ4n) is 4.52. The molecular formula is C27H38N2O5S. The van der Waals surface area contributed by atoms with Crippen LogP contribution < -0.4 is 4.90 Å². The van der Waals surface area contributed by atoms with Gasteiger partial charge in [0.2, 0.25) is 11.8 Å². The Morgan fingerprint density at radius 2 is 1.89 bits per heavy atom. The fraction of sp³-hybridized carbons (Fsp3) is 0.667. The van der Waals surface area contributed by atoms with Crippen molar-refractivity contribution in [3.63, 3.8) is 0 Å². The van der Waals surface area contributed by atoms with E-state index in [4.69, 9.17) is 4.74 Å². The lowest BCUT2D eigenvalue weighted by atomic mass is 9.82. The van der Waals surface area contributed by atoms with Gasteiger partial charge in [0.05, 0.1) is 22.8 Å². The molecule has 1 saturated heterocycles. The topological polar surface area (TPSA) is 87.2 Å². The van der Waals surface area contributed by atoms with Crippen molar-refractivity contribution >= 4 is 34.8 Å². The van der Waals surface area contributed by atoms with Crippen molar-refractivity contribution < 1.29 is 24.2 Å². The monoisotopic (exact) mass is 502 g/mol. The molecule has 1 aromatic heterocycles. The van der Waals surface area contributed by atoms with E-state index >= 15 is 0 Å². The Morgan fingerprint density at radius 3 is 2.46 bits per heavy atom. The molecule has 1 aliphatic heterocycles. The number of anilines is 1. The molecular weight excluding hydrogens is 464 g/mol. The molecule has 7 nitrogen and oxygen atoms in total. The van der Waals surface area contributed by atoms with Gasteiger partial charge in [-0.3, -0.25) is 9.59 Å². The number of morpholine rings is 1. The third kappa shape index (κ3) is 7.31. The summed E-state index contributed by atoms with van der Waals surface area (Å²) in [6.07, 6.45) is 3.40. The minimum absolute atomic E-state index is 0.0378. The van der Waals surface area contributed by atoms with Crippen LogP contribution in [0.5, 0.6) is 0 Å². The van der Waals surface area contributed by atoms with Gasteiger partial charge in [0.15, 0.2) is 0 Å². The Bertz CT molecular complexity index is 1020. The number of rotatable bonds is 5. The molecule has 0 radical (unpaired) electrons. The molecule has 2 heterocycles. The Balaban J connectivity index is 1.96. The van der Waals surface area contributed by atoms with E-state index in [0.717, 1.165) is 37.0 Å². The lowest BCUT2D eigenvalue weighted by molar-refractivity contribution is -0.145. The highest BCUT2D eigenvalue weighted by molar-refractivity contribution is 7.15. The number of ether oxygens (including phenoxy) is 1. The van der Waals surface area contributed by atoms with Crippen molar-refractivity contribution in [2.24, 2.45) is 17.3 Å². The summed E-state index contributed by atoms with van der Waals surface area (Å²) < 4.78 is 5.73. The molecule has 0 aromatic carbocycles. The number of nitrogens with zero attached hydrogens (tertiary/aromatic N) is 2. The van der Waals surface area contributed by atoms with Crippen molar-refractivity contribution in [1.82, 2.24) is 4.90 Å². The second kappa shape index (κ2) is 10.7. The van der Waals surface area contributed by atoms with Crippen LogP contribution in [0.1, 0.15) is 81.8 Å². The van der Waals surface area contributed by atoms with Crippen LogP contribution in [0.15, 0.2) is 6.07 Å². The molecule has 2 aliphatic rings. The number of carbonyl (C=O) groups excluding carboxylic acids is 2. The van der Waals surface area contributed by atoms with Gasteiger partial charge in [-0.1, -0.05) is 18.8 Å². The van der Waals surface area contributed by atoms with E-state index in [9.17, 15) is 19.5 Å². The number of carboxylic acids is 1.